The number of hydrogen-bond acceptors (Lipinski definition) is 5. The van der Waals surface area contributed by atoms with Gasteiger partial charge in [-0.2, -0.15) is 4.31 Å². The first-order valence-electron chi connectivity index (χ1n) is 7.34. The van der Waals surface area contributed by atoms with Crippen molar-refractivity contribution in [2.45, 2.75) is 31.2 Å². The lowest BCUT2D eigenvalue weighted by atomic mass is 10.2. The van der Waals surface area contributed by atoms with Crippen LogP contribution in [0.3, 0.4) is 0 Å². The van der Waals surface area contributed by atoms with Crippen molar-refractivity contribution in [3.8, 4) is 0 Å². The van der Waals surface area contributed by atoms with Gasteiger partial charge in [-0.1, -0.05) is 23.2 Å². The highest BCUT2D eigenvalue weighted by molar-refractivity contribution is 7.89. The smallest absolute Gasteiger partial charge is 0.239 e. The molecule has 0 aromatic heterocycles. The molecular formula is C14H20Cl2N4O3S. The first kappa shape index (κ1) is 19.4. The number of sulfonamides is 1. The number of benzene rings is 1. The van der Waals surface area contributed by atoms with E-state index in [1.807, 2.05) is 0 Å². The van der Waals surface area contributed by atoms with Crippen LogP contribution < -0.4 is 16.2 Å². The van der Waals surface area contributed by atoms with E-state index in [1.165, 1.54) is 13.1 Å². The zero-order chi connectivity index (χ0) is 18.1. The predicted octanol–water partition coefficient (Wildman–Crippen LogP) is 1.45. The van der Waals surface area contributed by atoms with Crippen LogP contribution in [0.1, 0.15) is 13.8 Å². The maximum atomic E-state index is 12.7. The number of carbonyl (C=O) groups excluding carboxylic acids is 1. The molecular weight excluding hydrogens is 375 g/mol. The Morgan fingerprint density at radius 1 is 1.21 bits per heavy atom. The van der Waals surface area contributed by atoms with Gasteiger partial charge in [-0.25, -0.2) is 8.42 Å². The summed E-state index contributed by atoms with van der Waals surface area (Å²) in [4.78, 5) is 12.1. The minimum atomic E-state index is -3.64. The molecule has 1 heterocycles. The maximum absolute atomic E-state index is 12.7. The van der Waals surface area contributed by atoms with Crippen molar-refractivity contribution >= 4 is 44.8 Å². The van der Waals surface area contributed by atoms with Crippen molar-refractivity contribution in [3.05, 3.63) is 28.2 Å². The van der Waals surface area contributed by atoms with E-state index in [0.717, 1.165) is 4.31 Å². The number of anilines is 1. The lowest BCUT2D eigenvalue weighted by Crippen LogP contribution is -2.47. The third kappa shape index (κ3) is 4.19. The number of nitrogens with one attached hydrogen (secondary N) is 3. The molecule has 1 aromatic rings. The van der Waals surface area contributed by atoms with Crippen molar-refractivity contribution in [1.29, 1.82) is 0 Å². The van der Waals surface area contributed by atoms with E-state index >= 15 is 0 Å². The van der Waals surface area contributed by atoms with E-state index in [0.29, 0.717) is 15.7 Å². The Balaban J connectivity index is 2.04. The summed E-state index contributed by atoms with van der Waals surface area (Å²) < 4.78 is 26.4. The summed E-state index contributed by atoms with van der Waals surface area (Å²) in [6.45, 7) is 3.27. The van der Waals surface area contributed by atoms with Gasteiger partial charge < -0.3 is 5.32 Å². The lowest BCUT2D eigenvalue weighted by molar-refractivity contribution is -0.116. The molecule has 2 rings (SSSR count). The third-order valence-corrected chi connectivity index (χ3v) is 7.11. The highest BCUT2D eigenvalue weighted by Gasteiger charge is 2.42. The number of carbonyl (C=O) groups is 1. The molecule has 0 radical (unpaired) electrons. The van der Waals surface area contributed by atoms with Crippen LogP contribution in [-0.4, -0.2) is 49.6 Å². The Bertz CT molecular complexity index is 719. The van der Waals surface area contributed by atoms with E-state index in [4.69, 9.17) is 23.2 Å². The average Bonchev–Trinajstić information content (AvgIpc) is 2.82. The van der Waals surface area contributed by atoms with Gasteiger partial charge in [0, 0.05) is 24.8 Å². The SMILES string of the molecule is CC1NNC(C)C1S(=O)(=O)N(C)CC(=O)Nc1ccc(Cl)c(Cl)c1. The molecule has 10 heteroatoms. The fraction of sp³-hybridized carbons (Fsp3) is 0.500. The Morgan fingerprint density at radius 3 is 2.33 bits per heavy atom. The Morgan fingerprint density at radius 2 is 1.79 bits per heavy atom. The molecule has 1 aromatic carbocycles. The van der Waals surface area contributed by atoms with Crippen LogP contribution in [0.4, 0.5) is 5.69 Å². The number of hydrazine groups is 1. The van der Waals surface area contributed by atoms with Crippen LogP contribution >= 0.6 is 23.2 Å². The fourth-order valence-corrected chi connectivity index (χ4v) is 4.83. The standard InChI is InChI=1S/C14H20Cl2N4O3S/c1-8-14(9(2)19-18-8)24(22,23)20(3)7-13(21)17-10-4-5-11(15)12(16)6-10/h4-6,8-9,14,18-19H,7H2,1-3H3,(H,17,21). The lowest BCUT2D eigenvalue weighted by Gasteiger charge is -2.25. The molecule has 1 amide bonds. The number of rotatable bonds is 5. The van der Waals surface area contributed by atoms with Gasteiger partial charge in [-0.3, -0.25) is 15.6 Å². The van der Waals surface area contributed by atoms with Gasteiger partial charge in [-0.15, -0.1) is 0 Å². The second kappa shape index (κ2) is 7.55. The molecule has 0 bridgehead atoms. The summed E-state index contributed by atoms with van der Waals surface area (Å²) in [6.07, 6.45) is 0. The van der Waals surface area contributed by atoms with E-state index in [9.17, 15) is 13.2 Å². The van der Waals surface area contributed by atoms with Crippen LogP contribution in [0.5, 0.6) is 0 Å². The van der Waals surface area contributed by atoms with Gasteiger partial charge in [0.15, 0.2) is 0 Å². The van der Waals surface area contributed by atoms with Gasteiger partial charge in [0.2, 0.25) is 15.9 Å². The van der Waals surface area contributed by atoms with E-state index in [-0.39, 0.29) is 18.6 Å². The van der Waals surface area contributed by atoms with Crippen molar-refractivity contribution in [1.82, 2.24) is 15.2 Å². The molecule has 0 saturated carbocycles. The first-order chi connectivity index (χ1) is 11.1. The third-order valence-electron chi connectivity index (χ3n) is 3.87. The van der Waals surface area contributed by atoms with Crippen molar-refractivity contribution in [2.24, 2.45) is 0 Å². The molecule has 0 spiro atoms. The first-order valence-corrected chi connectivity index (χ1v) is 9.60. The largest absolute Gasteiger partial charge is 0.325 e. The van der Waals surface area contributed by atoms with Gasteiger partial charge in [-0.05, 0) is 32.0 Å². The summed E-state index contributed by atoms with van der Waals surface area (Å²) in [5.41, 5.74) is 6.25. The number of halogens is 2. The maximum Gasteiger partial charge on any atom is 0.239 e. The molecule has 24 heavy (non-hydrogen) atoms. The molecule has 2 unspecified atom stereocenters. The van der Waals surface area contributed by atoms with Crippen LogP contribution in [0, 0.1) is 0 Å². The van der Waals surface area contributed by atoms with Crippen molar-refractivity contribution in [3.63, 3.8) is 0 Å². The predicted molar refractivity (Wildman–Crippen MR) is 95.6 cm³/mol. The molecule has 1 saturated heterocycles. The summed E-state index contributed by atoms with van der Waals surface area (Å²) >= 11 is 11.7. The second-order valence-corrected chi connectivity index (χ2v) is 8.82. The van der Waals surface area contributed by atoms with Gasteiger partial charge in [0.25, 0.3) is 0 Å². The van der Waals surface area contributed by atoms with Crippen LogP contribution in [0.2, 0.25) is 10.0 Å². The second-order valence-electron chi connectivity index (χ2n) is 5.81. The molecule has 134 valence electrons. The number of nitrogens with zero attached hydrogens (tertiary/aromatic N) is 1. The quantitative estimate of drug-likeness (QED) is 0.702. The molecule has 1 aliphatic rings. The van der Waals surface area contributed by atoms with E-state index in [1.54, 1.807) is 26.0 Å². The van der Waals surface area contributed by atoms with E-state index < -0.39 is 21.2 Å². The molecule has 3 N–H and O–H groups in total. The molecule has 1 aliphatic heterocycles. The molecule has 0 aliphatic carbocycles. The van der Waals surface area contributed by atoms with Crippen LogP contribution in [-0.2, 0) is 14.8 Å². The highest BCUT2D eigenvalue weighted by Crippen LogP contribution is 2.25. The minimum absolute atomic E-state index is 0.259. The topological polar surface area (TPSA) is 90.5 Å². The van der Waals surface area contributed by atoms with Crippen LogP contribution in [0.25, 0.3) is 0 Å². The summed E-state index contributed by atoms with van der Waals surface area (Å²) in [6, 6.07) is 4.14. The summed E-state index contributed by atoms with van der Waals surface area (Å²) in [5.74, 6) is -0.460. The van der Waals surface area contributed by atoms with Gasteiger partial charge in [0.05, 0.1) is 16.6 Å². The number of hydrogen-bond donors (Lipinski definition) is 3. The van der Waals surface area contributed by atoms with Gasteiger partial charge in [0.1, 0.15) is 5.25 Å². The normalized spacial score (nSPS) is 24.3. The summed E-state index contributed by atoms with van der Waals surface area (Å²) in [7, 11) is -2.25. The van der Waals surface area contributed by atoms with Crippen molar-refractivity contribution < 1.29 is 13.2 Å². The number of amides is 1. The monoisotopic (exact) mass is 394 g/mol. The van der Waals surface area contributed by atoms with E-state index in [2.05, 4.69) is 16.2 Å². The zero-order valence-electron chi connectivity index (χ0n) is 13.5. The molecule has 1 fully saturated rings. The zero-order valence-corrected chi connectivity index (χ0v) is 15.8. The van der Waals surface area contributed by atoms with Gasteiger partial charge >= 0.3 is 0 Å². The Labute approximate surface area is 151 Å². The summed E-state index contributed by atoms with van der Waals surface area (Å²) in [5, 5.41) is 2.63. The molecule has 2 atom stereocenters. The average molecular weight is 395 g/mol. The Kier molecular flexibility index (Phi) is 6.11. The number of likely N-dealkylation sites (N-methyl/N-ethyl adjacent to an activating group) is 1. The molecule has 7 nitrogen and oxygen atoms in total. The highest BCUT2D eigenvalue weighted by atomic mass is 35.5. The van der Waals surface area contributed by atoms with Crippen molar-refractivity contribution in [2.75, 3.05) is 18.9 Å². The minimum Gasteiger partial charge on any atom is -0.325 e. The van der Waals surface area contributed by atoms with Crippen LogP contribution in [0.15, 0.2) is 18.2 Å². The fourth-order valence-electron chi connectivity index (χ4n) is 2.65. The Hall–Kier alpha value is -0.900.